The van der Waals surface area contributed by atoms with E-state index in [1.807, 2.05) is 30.3 Å². The molecule has 1 aromatic heterocycles. The quantitative estimate of drug-likeness (QED) is 0.376. The van der Waals surface area contributed by atoms with Crippen LogP contribution in [0.4, 0.5) is 0 Å². The fraction of sp³-hybridized carbons (Fsp3) is 0.125. The number of esters is 1. The van der Waals surface area contributed by atoms with Crippen LogP contribution in [0.3, 0.4) is 0 Å². The highest BCUT2D eigenvalue weighted by Gasteiger charge is 2.16. The molecule has 0 radical (unpaired) electrons. The third-order valence-corrected chi connectivity index (χ3v) is 5.68. The van der Waals surface area contributed by atoms with Gasteiger partial charge in [0.2, 0.25) is 0 Å². The first kappa shape index (κ1) is 23.2. The standard InChI is InChI=1S/C24H21ClN2O4S/c1-2-31-22(28)15-26-24(30)20(27-23(29)16-8-4-3-5-9-16)14-17-12-13-21(32-17)18-10-6-7-11-19(18)25/h3-14H,2,15H2,1H3,(H,26,30)(H,27,29)/b20-14+. The monoisotopic (exact) mass is 468 g/mol. The Bertz CT molecular complexity index is 1140. The van der Waals surface area contributed by atoms with Gasteiger partial charge in [0.1, 0.15) is 12.2 Å². The number of rotatable bonds is 8. The average molecular weight is 469 g/mol. The predicted molar refractivity (Wildman–Crippen MR) is 126 cm³/mol. The lowest BCUT2D eigenvalue weighted by Crippen LogP contribution is -2.37. The maximum absolute atomic E-state index is 12.7. The van der Waals surface area contributed by atoms with Crippen LogP contribution in [0.25, 0.3) is 16.5 Å². The Kier molecular flexibility index (Phi) is 8.19. The van der Waals surface area contributed by atoms with Gasteiger partial charge in [0, 0.05) is 25.9 Å². The van der Waals surface area contributed by atoms with Gasteiger partial charge in [-0.15, -0.1) is 11.3 Å². The summed E-state index contributed by atoms with van der Waals surface area (Å²) in [6, 6.07) is 19.7. The fourth-order valence-electron chi connectivity index (χ4n) is 2.78. The largest absolute Gasteiger partial charge is 0.465 e. The van der Waals surface area contributed by atoms with Crippen LogP contribution in [0.1, 0.15) is 22.2 Å². The van der Waals surface area contributed by atoms with Crippen molar-refractivity contribution in [3.8, 4) is 10.4 Å². The molecule has 0 aliphatic rings. The summed E-state index contributed by atoms with van der Waals surface area (Å²) in [5.41, 5.74) is 1.29. The van der Waals surface area contributed by atoms with Crippen molar-refractivity contribution in [1.82, 2.24) is 10.6 Å². The molecule has 1 heterocycles. The zero-order valence-electron chi connectivity index (χ0n) is 17.3. The highest BCUT2D eigenvalue weighted by Crippen LogP contribution is 2.33. The van der Waals surface area contributed by atoms with Crippen LogP contribution < -0.4 is 10.6 Å². The molecule has 0 spiro atoms. The summed E-state index contributed by atoms with van der Waals surface area (Å²) in [4.78, 5) is 38.6. The number of halogens is 1. The van der Waals surface area contributed by atoms with Gasteiger partial charge in [-0.1, -0.05) is 48.0 Å². The molecular formula is C24H21ClN2O4S. The van der Waals surface area contributed by atoms with E-state index in [2.05, 4.69) is 10.6 Å². The summed E-state index contributed by atoms with van der Waals surface area (Å²) in [5, 5.41) is 5.74. The molecule has 2 amide bonds. The molecule has 3 aromatic rings. The van der Waals surface area contributed by atoms with Crippen LogP contribution >= 0.6 is 22.9 Å². The number of ether oxygens (including phenoxy) is 1. The smallest absolute Gasteiger partial charge is 0.325 e. The van der Waals surface area contributed by atoms with Crippen molar-refractivity contribution in [3.05, 3.63) is 87.9 Å². The molecule has 0 atom stereocenters. The minimum absolute atomic E-state index is 0.00992. The van der Waals surface area contributed by atoms with Gasteiger partial charge in [0.05, 0.1) is 6.61 Å². The van der Waals surface area contributed by atoms with Crippen molar-refractivity contribution < 1.29 is 19.1 Å². The van der Waals surface area contributed by atoms with Gasteiger partial charge in [-0.25, -0.2) is 0 Å². The number of thiophene rings is 1. The average Bonchev–Trinajstić information content (AvgIpc) is 3.26. The van der Waals surface area contributed by atoms with Crippen molar-refractivity contribution in [1.29, 1.82) is 0 Å². The van der Waals surface area contributed by atoms with Crippen LogP contribution in [0.5, 0.6) is 0 Å². The summed E-state index contributed by atoms with van der Waals surface area (Å²) in [6.07, 6.45) is 1.56. The van der Waals surface area contributed by atoms with Gasteiger partial charge in [0.25, 0.3) is 11.8 Å². The van der Waals surface area contributed by atoms with E-state index in [4.69, 9.17) is 16.3 Å². The molecule has 164 valence electrons. The molecule has 0 saturated heterocycles. The van der Waals surface area contributed by atoms with Crippen LogP contribution in [0.2, 0.25) is 5.02 Å². The second kappa shape index (κ2) is 11.3. The Morgan fingerprint density at radius 3 is 2.44 bits per heavy atom. The molecule has 32 heavy (non-hydrogen) atoms. The highest BCUT2D eigenvalue weighted by molar-refractivity contribution is 7.16. The van der Waals surface area contributed by atoms with Gasteiger partial charge in [-0.3, -0.25) is 14.4 Å². The normalized spacial score (nSPS) is 11.0. The molecule has 6 nitrogen and oxygen atoms in total. The Morgan fingerprint density at radius 2 is 1.72 bits per heavy atom. The summed E-state index contributed by atoms with van der Waals surface area (Å²) < 4.78 is 4.83. The fourth-order valence-corrected chi connectivity index (χ4v) is 4.06. The number of hydrogen-bond acceptors (Lipinski definition) is 5. The number of nitrogens with one attached hydrogen (secondary N) is 2. The molecule has 2 N–H and O–H groups in total. The van der Waals surface area contributed by atoms with Crippen LogP contribution in [0.15, 0.2) is 72.4 Å². The first-order valence-corrected chi connectivity index (χ1v) is 11.0. The van der Waals surface area contributed by atoms with Gasteiger partial charge >= 0.3 is 5.97 Å². The summed E-state index contributed by atoms with van der Waals surface area (Å²) >= 11 is 7.70. The van der Waals surface area contributed by atoms with E-state index in [0.717, 1.165) is 15.3 Å². The van der Waals surface area contributed by atoms with Crippen LogP contribution in [-0.4, -0.2) is 30.9 Å². The molecule has 0 saturated carbocycles. The Labute approximate surface area is 194 Å². The lowest BCUT2D eigenvalue weighted by atomic mass is 10.2. The van der Waals surface area contributed by atoms with E-state index in [-0.39, 0.29) is 18.8 Å². The molecule has 0 fully saturated rings. The Morgan fingerprint density at radius 1 is 1.00 bits per heavy atom. The molecule has 0 bridgehead atoms. The first-order valence-electron chi connectivity index (χ1n) is 9.84. The number of benzene rings is 2. The Balaban J connectivity index is 1.85. The van der Waals surface area contributed by atoms with E-state index in [9.17, 15) is 14.4 Å². The van der Waals surface area contributed by atoms with E-state index in [1.165, 1.54) is 11.3 Å². The summed E-state index contributed by atoms with van der Waals surface area (Å²) in [5.74, 6) is -1.60. The van der Waals surface area contributed by atoms with E-state index < -0.39 is 17.8 Å². The van der Waals surface area contributed by atoms with Crippen molar-refractivity contribution in [2.75, 3.05) is 13.2 Å². The third kappa shape index (κ3) is 6.29. The zero-order chi connectivity index (χ0) is 22.9. The SMILES string of the molecule is CCOC(=O)CNC(=O)/C(=C\c1ccc(-c2ccccc2Cl)s1)NC(=O)c1ccccc1. The summed E-state index contributed by atoms with van der Waals surface area (Å²) in [6.45, 7) is 1.58. The molecule has 3 rings (SSSR count). The summed E-state index contributed by atoms with van der Waals surface area (Å²) in [7, 11) is 0. The van der Waals surface area contributed by atoms with Crippen molar-refractivity contribution in [2.24, 2.45) is 0 Å². The zero-order valence-corrected chi connectivity index (χ0v) is 18.8. The first-order chi connectivity index (χ1) is 15.5. The molecule has 2 aromatic carbocycles. The minimum atomic E-state index is -0.602. The maximum atomic E-state index is 12.7. The molecule has 0 aliphatic carbocycles. The van der Waals surface area contributed by atoms with Crippen molar-refractivity contribution >= 4 is 46.8 Å². The van der Waals surface area contributed by atoms with Crippen molar-refractivity contribution in [3.63, 3.8) is 0 Å². The van der Waals surface area contributed by atoms with Gasteiger partial charge in [-0.05, 0) is 43.3 Å². The predicted octanol–water partition coefficient (Wildman–Crippen LogP) is 4.52. The molecule has 0 aliphatic heterocycles. The van der Waals surface area contributed by atoms with Gasteiger partial charge < -0.3 is 15.4 Å². The number of hydrogen-bond donors (Lipinski definition) is 2. The van der Waals surface area contributed by atoms with E-state index >= 15 is 0 Å². The second-order valence-electron chi connectivity index (χ2n) is 6.55. The topological polar surface area (TPSA) is 84.5 Å². The third-order valence-electron chi connectivity index (χ3n) is 4.28. The Hall–Kier alpha value is -3.42. The number of carbonyl (C=O) groups excluding carboxylic acids is 3. The van der Waals surface area contributed by atoms with E-state index in [0.29, 0.717) is 10.6 Å². The second-order valence-corrected chi connectivity index (χ2v) is 8.07. The van der Waals surface area contributed by atoms with Gasteiger partial charge in [-0.2, -0.15) is 0 Å². The van der Waals surface area contributed by atoms with Crippen molar-refractivity contribution in [2.45, 2.75) is 6.92 Å². The highest BCUT2D eigenvalue weighted by atomic mass is 35.5. The lowest BCUT2D eigenvalue weighted by Gasteiger charge is -2.10. The molecule has 8 heteroatoms. The van der Waals surface area contributed by atoms with Gasteiger partial charge in [0.15, 0.2) is 0 Å². The van der Waals surface area contributed by atoms with E-state index in [1.54, 1.807) is 49.4 Å². The molecular weight excluding hydrogens is 448 g/mol. The molecule has 0 unspecified atom stereocenters. The number of amides is 2. The maximum Gasteiger partial charge on any atom is 0.325 e. The van der Waals surface area contributed by atoms with Crippen LogP contribution in [-0.2, 0) is 14.3 Å². The number of carbonyl (C=O) groups is 3. The lowest BCUT2D eigenvalue weighted by molar-refractivity contribution is -0.143. The van der Waals surface area contributed by atoms with Crippen LogP contribution in [0, 0.1) is 0 Å². The minimum Gasteiger partial charge on any atom is -0.465 e.